The Balaban J connectivity index is 1.79. The molecule has 0 radical (unpaired) electrons. The molecule has 5 nitrogen and oxygen atoms in total. The summed E-state index contributed by atoms with van der Waals surface area (Å²) in [6, 6.07) is 18.5. The number of carbonyl (C=O) groups excluding carboxylic acids is 1. The van der Waals surface area contributed by atoms with Crippen LogP contribution in [0.4, 0.5) is 17.1 Å². The van der Waals surface area contributed by atoms with Gasteiger partial charge >= 0.3 is 0 Å². The molecule has 0 aliphatic heterocycles. The lowest BCUT2D eigenvalue weighted by molar-refractivity contribution is 0.102. The van der Waals surface area contributed by atoms with Crippen molar-refractivity contribution in [3.63, 3.8) is 0 Å². The molecule has 1 aromatic heterocycles. The summed E-state index contributed by atoms with van der Waals surface area (Å²) in [5.41, 5.74) is 5.21. The number of benzene rings is 2. The van der Waals surface area contributed by atoms with E-state index in [1.807, 2.05) is 44.2 Å². The van der Waals surface area contributed by atoms with E-state index in [0.29, 0.717) is 22.6 Å². The molecule has 1 heterocycles. The number of aromatic nitrogens is 1. The van der Waals surface area contributed by atoms with Crippen molar-refractivity contribution in [1.82, 2.24) is 4.98 Å². The van der Waals surface area contributed by atoms with Gasteiger partial charge in [-0.1, -0.05) is 18.2 Å². The molecule has 2 aromatic carbocycles. The van der Waals surface area contributed by atoms with Crippen molar-refractivity contribution < 1.29 is 4.79 Å². The zero-order valence-electron chi connectivity index (χ0n) is 14.6. The topological polar surface area (TPSA) is 77.8 Å². The molecule has 0 spiro atoms. The Morgan fingerprint density at radius 3 is 2.58 bits per heavy atom. The van der Waals surface area contributed by atoms with Gasteiger partial charge in [-0.3, -0.25) is 9.78 Å². The maximum Gasteiger partial charge on any atom is 0.274 e. The van der Waals surface area contributed by atoms with Gasteiger partial charge < -0.3 is 10.6 Å². The molecule has 1 amide bonds. The maximum absolute atomic E-state index is 12.5. The average Bonchev–Trinajstić information content (AvgIpc) is 2.65. The Morgan fingerprint density at radius 2 is 1.81 bits per heavy atom. The number of nitrogens with one attached hydrogen (secondary N) is 2. The zero-order chi connectivity index (χ0) is 18.5. The number of amides is 1. The van der Waals surface area contributed by atoms with Crippen LogP contribution in [0.15, 0.2) is 60.8 Å². The van der Waals surface area contributed by atoms with E-state index in [1.165, 1.54) is 5.56 Å². The van der Waals surface area contributed by atoms with Gasteiger partial charge in [0.25, 0.3) is 5.91 Å². The van der Waals surface area contributed by atoms with Gasteiger partial charge in [0.1, 0.15) is 11.8 Å². The highest BCUT2D eigenvalue weighted by Gasteiger charge is 2.10. The molecule has 2 N–H and O–H groups in total. The standard InChI is InChI=1S/C21H18N4O/c1-14-7-8-17(11-15(14)2)25-21(26)20-12-18(9-10-23-20)24-19-6-4-3-5-16(19)13-22/h3-12H,1-2H3,(H,23,24)(H,25,26). The van der Waals surface area contributed by atoms with Crippen LogP contribution in [0, 0.1) is 25.2 Å². The fourth-order valence-corrected chi connectivity index (χ4v) is 2.49. The van der Waals surface area contributed by atoms with Gasteiger partial charge in [-0.25, -0.2) is 0 Å². The summed E-state index contributed by atoms with van der Waals surface area (Å²) in [7, 11) is 0. The quantitative estimate of drug-likeness (QED) is 0.728. The highest BCUT2D eigenvalue weighted by molar-refractivity contribution is 6.03. The van der Waals surface area contributed by atoms with E-state index in [0.717, 1.165) is 11.3 Å². The lowest BCUT2D eigenvalue weighted by Crippen LogP contribution is -2.14. The van der Waals surface area contributed by atoms with E-state index in [4.69, 9.17) is 0 Å². The third kappa shape index (κ3) is 3.87. The van der Waals surface area contributed by atoms with Crippen molar-refractivity contribution in [3.05, 3.63) is 83.2 Å². The first-order chi connectivity index (χ1) is 12.6. The highest BCUT2D eigenvalue weighted by Crippen LogP contribution is 2.21. The van der Waals surface area contributed by atoms with Gasteiger partial charge in [0, 0.05) is 17.6 Å². The van der Waals surface area contributed by atoms with Crippen molar-refractivity contribution in [2.24, 2.45) is 0 Å². The normalized spacial score (nSPS) is 10.0. The number of carbonyl (C=O) groups is 1. The van der Waals surface area contributed by atoms with Gasteiger partial charge in [0.2, 0.25) is 0 Å². The second-order valence-corrected chi connectivity index (χ2v) is 5.97. The van der Waals surface area contributed by atoms with E-state index in [-0.39, 0.29) is 5.91 Å². The molecule has 3 rings (SSSR count). The Bertz CT molecular complexity index is 1000. The molecule has 0 fully saturated rings. The first kappa shape index (κ1) is 17.2. The van der Waals surface area contributed by atoms with E-state index in [2.05, 4.69) is 21.7 Å². The molecule has 0 aliphatic rings. The SMILES string of the molecule is Cc1ccc(NC(=O)c2cc(Nc3ccccc3C#N)ccn2)cc1C. The molecule has 0 saturated heterocycles. The van der Waals surface area contributed by atoms with Crippen LogP contribution in [-0.4, -0.2) is 10.9 Å². The Labute approximate surface area is 152 Å². The summed E-state index contributed by atoms with van der Waals surface area (Å²) in [5.74, 6) is -0.287. The van der Waals surface area contributed by atoms with Crippen molar-refractivity contribution >= 4 is 23.0 Å². The predicted molar refractivity (Wildman–Crippen MR) is 103 cm³/mol. The maximum atomic E-state index is 12.5. The third-order valence-electron chi connectivity index (χ3n) is 4.08. The van der Waals surface area contributed by atoms with Gasteiger partial charge in [-0.15, -0.1) is 0 Å². The lowest BCUT2D eigenvalue weighted by Gasteiger charge is -2.10. The van der Waals surface area contributed by atoms with Crippen LogP contribution >= 0.6 is 0 Å². The molecule has 0 unspecified atom stereocenters. The zero-order valence-corrected chi connectivity index (χ0v) is 14.6. The molecule has 128 valence electrons. The third-order valence-corrected chi connectivity index (χ3v) is 4.08. The summed E-state index contributed by atoms with van der Waals surface area (Å²) >= 11 is 0. The van der Waals surface area contributed by atoms with Crippen LogP contribution in [0.2, 0.25) is 0 Å². The minimum atomic E-state index is -0.287. The minimum absolute atomic E-state index is 0.287. The summed E-state index contributed by atoms with van der Waals surface area (Å²) < 4.78 is 0. The minimum Gasteiger partial charge on any atom is -0.354 e. The van der Waals surface area contributed by atoms with Crippen molar-refractivity contribution in [2.75, 3.05) is 10.6 Å². The van der Waals surface area contributed by atoms with Gasteiger partial charge in [-0.2, -0.15) is 5.26 Å². The number of aryl methyl sites for hydroxylation is 2. The number of pyridine rings is 1. The molecule has 3 aromatic rings. The number of nitrogens with zero attached hydrogens (tertiary/aromatic N) is 2. The first-order valence-corrected chi connectivity index (χ1v) is 8.17. The molecular formula is C21H18N4O. The summed E-state index contributed by atoms with van der Waals surface area (Å²) in [4.78, 5) is 16.6. The van der Waals surface area contributed by atoms with E-state index < -0.39 is 0 Å². The van der Waals surface area contributed by atoms with Crippen molar-refractivity contribution in [2.45, 2.75) is 13.8 Å². The van der Waals surface area contributed by atoms with Crippen LogP contribution in [0.5, 0.6) is 0 Å². The van der Waals surface area contributed by atoms with Gasteiger partial charge in [-0.05, 0) is 61.4 Å². The number of anilines is 3. The number of para-hydroxylation sites is 1. The smallest absolute Gasteiger partial charge is 0.274 e. The summed E-state index contributed by atoms with van der Waals surface area (Å²) in [6.45, 7) is 4.02. The monoisotopic (exact) mass is 342 g/mol. The van der Waals surface area contributed by atoms with Crippen molar-refractivity contribution in [3.8, 4) is 6.07 Å². The largest absolute Gasteiger partial charge is 0.354 e. The molecule has 0 saturated carbocycles. The predicted octanol–water partition coefficient (Wildman–Crippen LogP) is 4.57. The Morgan fingerprint density at radius 1 is 1.00 bits per heavy atom. The molecule has 0 atom stereocenters. The molecule has 0 bridgehead atoms. The number of rotatable bonds is 4. The second kappa shape index (κ2) is 7.49. The molecule has 0 aliphatic carbocycles. The highest BCUT2D eigenvalue weighted by atomic mass is 16.1. The number of hydrogen-bond acceptors (Lipinski definition) is 4. The van der Waals surface area contributed by atoms with Crippen LogP contribution in [-0.2, 0) is 0 Å². The van der Waals surface area contributed by atoms with Crippen LogP contribution in [0.1, 0.15) is 27.2 Å². The summed E-state index contributed by atoms with van der Waals surface area (Å²) in [6.07, 6.45) is 1.56. The van der Waals surface area contributed by atoms with Gasteiger partial charge in [0.15, 0.2) is 0 Å². The second-order valence-electron chi connectivity index (χ2n) is 5.97. The van der Waals surface area contributed by atoms with Crippen LogP contribution < -0.4 is 10.6 Å². The van der Waals surface area contributed by atoms with E-state index in [9.17, 15) is 10.1 Å². The summed E-state index contributed by atoms with van der Waals surface area (Å²) in [5, 5.41) is 15.2. The van der Waals surface area contributed by atoms with Gasteiger partial charge in [0.05, 0.1) is 11.3 Å². The van der Waals surface area contributed by atoms with E-state index in [1.54, 1.807) is 30.5 Å². The fraction of sp³-hybridized carbons (Fsp3) is 0.0952. The number of nitriles is 1. The number of hydrogen-bond donors (Lipinski definition) is 2. The lowest BCUT2D eigenvalue weighted by atomic mass is 10.1. The Hall–Kier alpha value is -3.65. The first-order valence-electron chi connectivity index (χ1n) is 8.17. The average molecular weight is 342 g/mol. The fourth-order valence-electron chi connectivity index (χ4n) is 2.49. The molecule has 26 heavy (non-hydrogen) atoms. The molecule has 5 heteroatoms. The van der Waals surface area contributed by atoms with Crippen molar-refractivity contribution in [1.29, 1.82) is 5.26 Å². The van der Waals surface area contributed by atoms with Crippen LogP contribution in [0.3, 0.4) is 0 Å². The molecular weight excluding hydrogens is 324 g/mol. The van der Waals surface area contributed by atoms with E-state index >= 15 is 0 Å². The Kier molecular flexibility index (Phi) is 4.95. The van der Waals surface area contributed by atoms with Crippen LogP contribution in [0.25, 0.3) is 0 Å².